The number of aryl methyl sites for hydroxylation is 1. The number of rotatable bonds is 3. The van der Waals surface area contributed by atoms with Gasteiger partial charge in [-0.15, -0.1) is 0 Å². The monoisotopic (exact) mass is 230 g/mol. The maximum Gasteiger partial charge on any atom is 0.219 e. The molecule has 88 valence electrons. The predicted molar refractivity (Wildman–Crippen MR) is 65.8 cm³/mol. The number of aliphatic hydroxyl groups is 1. The van der Waals surface area contributed by atoms with Gasteiger partial charge in [-0.05, 0) is 30.7 Å². The maximum atomic E-state index is 9.02. The molecule has 0 atom stereocenters. The number of aliphatic hydroxyl groups excluding tert-OH is 1. The van der Waals surface area contributed by atoms with Gasteiger partial charge in [-0.2, -0.15) is 0 Å². The van der Waals surface area contributed by atoms with Gasteiger partial charge in [0.25, 0.3) is 0 Å². The molecule has 1 heterocycles. The van der Waals surface area contributed by atoms with Gasteiger partial charge in [-0.1, -0.05) is 12.1 Å². The summed E-state index contributed by atoms with van der Waals surface area (Å²) in [5.41, 5.74) is 7.85. The van der Waals surface area contributed by atoms with Crippen molar-refractivity contribution in [1.29, 1.82) is 0 Å². The van der Waals surface area contributed by atoms with E-state index < -0.39 is 0 Å². The van der Waals surface area contributed by atoms with E-state index in [1.54, 1.807) is 18.2 Å². The second kappa shape index (κ2) is 4.84. The third-order valence-electron chi connectivity index (χ3n) is 2.40. The summed E-state index contributed by atoms with van der Waals surface area (Å²) in [6.07, 6.45) is 0. The van der Waals surface area contributed by atoms with E-state index in [0.717, 1.165) is 11.3 Å². The molecule has 4 nitrogen and oxygen atoms in total. The fourth-order valence-corrected chi connectivity index (χ4v) is 1.43. The third-order valence-corrected chi connectivity index (χ3v) is 2.40. The normalized spacial score (nSPS) is 10.2. The van der Waals surface area contributed by atoms with Gasteiger partial charge in [0.15, 0.2) is 0 Å². The quantitative estimate of drug-likeness (QED) is 0.848. The van der Waals surface area contributed by atoms with Gasteiger partial charge in [0.1, 0.15) is 5.75 Å². The fraction of sp³-hybridized carbons (Fsp3) is 0.154. The summed E-state index contributed by atoms with van der Waals surface area (Å²) < 4.78 is 5.58. The number of anilines is 1. The molecule has 0 amide bonds. The number of nitrogen functional groups attached to an aromatic ring is 1. The average molecular weight is 230 g/mol. The molecule has 1 aromatic heterocycles. The molecule has 0 aliphatic carbocycles. The maximum absolute atomic E-state index is 9.02. The van der Waals surface area contributed by atoms with Crippen LogP contribution >= 0.6 is 0 Å². The van der Waals surface area contributed by atoms with Gasteiger partial charge in [0.05, 0.1) is 18.0 Å². The molecule has 2 rings (SSSR count). The molecule has 17 heavy (non-hydrogen) atoms. The molecule has 4 heteroatoms. The van der Waals surface area contributed by atoms with Crippen molar-refractivity contribution in [3.8, 4) is 11.6 Å². The summed E-state index contributed by atoms with van der Waals surface area (Å²) in [5, 5.41) is 9.02. The number of nitrogens with zero attached hydrogens (tertiary/aromatic N) is 1. The van der Waals surface area contributed by atoms with Gasteiger partial charge in [-0.25, -0.2) is 4.98 Å². The first-order valence-electron chi connectivity index (χ1n) is 5.30. The Balaban J connectivity index is 2.22. The molecule has 2 aromatic rings. The predicted octanol–water partition coefficient (Wildman–Crippen LogP) is 2.26. The van der Waals surface area contributed by atoms with Crippen molar-refractivity contribution >= 4 is 5.69 Å². The van der Waals surface area contributed by atoms with Crippen LogP contribution in [0, 0.1) is 6.92 Å². The molecule has 0 fully saturated rings. The largest absolute Gasteiger partial charge is 0.439 e. The van der Waals surface area contributed by atoms with Crippen LogP contribution in [0.25, 0.3) is 0 Å². The number of ether oxygens (including phenoxy) is 1. The summed E-state index contributed by atoms with van der Waals surface area (Å²) in [4.78, 5) is 4.21. The van der Waals surface area contributed by atoms with Gasteiger partial charge < -0.3 is 15.6 Å². The van der Waals surface area contributed by atoms with Gasteiger partial charge in [0, 0.05) is 6.07 Å². The smallest absolute Gasteiger partial charge is 0.219 e. The molecule has 0 aliphatic rings. The van der Waals surface area contributed by atoms with Crippen molar-refractivity contribution in [3.05, 3.63) is 47.7 Å². The Morgan fingerprint density at radius 2 is 2.12 bits per heavy atom. The second-order valence-electron chi connectivity index (χ2n) is 3.73. The Morgan fingerprint density at radius 3 is 2.82 bits per heavy atom. The second-order valence-corrected chi connectivity index (χ2v) is 3.73. The van der Waals surface area contributed by atoms with Crippen LogP contribution in [-0.2, 0) is 6.61 Å². The number of hydrogen-bond acceptors (Lipinski definition) is 4. The molecule has 0 spiro atoms. The third kappa shape index (κ3) is 2.73. The summed E-state index contributed by atoms with van der Waals surface area (Å²) >= 11 is 0. The van der Waals surface area contributed by atoms with Crippen LogP contribution in [0.4, 0.5) is 5.69 Å². The summed E-state index contributed by atoms with van der Waals surface area (Å²) in [6, 6.07) is 10.7. The van der Waals surface area contributed by atoms with E-state index in [1.165, 1.54) is 0 Å². The zero-order chi connectivity index (χ0) is 12.3. The van der Waals surface area contributed by atoms with Crippen LogP contribution < -0.4 is 10.5 Å². The molecule has 0 saturated carbocycles. The molecule has 1 aromatic carbocycles. The zero-order valence-corrected chi connectivity index (χ0v) is 9.55. The topological polar surface area (TPSA) is 68.4 Å². The van der Waals surface area contributed by atoms with Crippen LogP contribution in [0.2, 0.25) is 0 Å². The van der Waals surface area contributed by atoms with Crippen molar-refractivity contribution in [2.24, 2.45) is 0 Å². The summed E-state index contributed by atoms with van der Waals surface area (Å²) in [7, 11) is 0. The molecular formula is C13H14N2O2. The Labute approximate surface area is 99.7 Å². The first-order chi connectivity index (χ1) is 8.19. The highest BCUT2D eigenvalue weighted by atomic mass is 16.5. The molecular weight excluding hydrogens is 216 g/mol. The molecule has 0 aliphatic heterocycles. The number of pyridine rings is 1. The van der Waals surface area contributed by atoms with E-state index >= 15 is 0 Å². The Morgan fingerprint density at radius 1 is 1.29 bits per heavy atom. The molecule has 0 bridgehead atoms. The Kier molecular flexibility index (Phi) is 3.25. The lowest BCUT2D eigenvalue weighted by Gasteiger charge is -2.07. The minimum absolute atomic E-state index is 0.00854. The molecule has 0 radical (unpaired) electrons. The van der Waals surface area contributed by atoms with Crippen LogP contribution in [0.5, 0.6) is 11.6 Å². The van der Waals surface area contributed by atoms with E-state index in [4.69, 9.17) is 15.6 Å². The number of nitrogens with two attached hydrogens (primary N) is 1. The lowest BCUT2D eigenvalue weighted by molar-refractivity contribution is 0.281. The van der Waals surface area contributed by atoms with Crippen LogP contribution in [0.1, 0.15) is 11.3 Å². The van der Waals surface area contributed by atoms with Crippen LogP contribution in [-0.4, -0.2) is 10.1 Å². The van der Waals surface area contributed by atoms with E-state index in [9.17, 15) is 0 Å². The first-order valence-corrected chi connectivity index (χ1v) is 5.30. The molecule has 3 N–H and O–H groups in total. The molecule has 0 unspecified atom stereocenters. The highest BCUT2D eigenvalue weighted by Gasteiger charge is 2.02. The van der Waals surface area contributed by atoms with Crippen molar-refractivity contribution in [2.45, 2.75) is 13.5 Å². The van der Waals surface area contributed by atoms with Gasteiger partial charge in [-0.3, -0.25) is 0 Å². The SMILES string of the molecule is Cc1nc(Oc2cccc(CO)c2)ccc1N. The van der Waals surface area contributed by atoms with Crippen molar-refractivity contribution in [2.75, 3.05) is 5.73 Å². The number of benzene rings is 1. The summed E-state index contributed by atoms with van der Waals surface area (Å²) in [5.74, 6) is 1.14. The van der Waals surface area contributed by atoms with Crippen molar-refractivity contribution in [3.63, 3.8) is 0 Å². The Bertz CT molecular complexity index is 527. The van der Waals surface area contributed by atoms with E-state index in [0.29, 0.717) is 17.3 Å². The molecule has 0 saturated heterocycles. The number of hydrogen-bond donors (Lipinski definition) is 2. The van der Waals surface area contributed by atoms with Crippen molar-refractivity contribution in [1.82, 2.24) is 4.98 Å². The zero-order valence-electron chi connectivity index (χ0n) is 9.55. The van der Waals surface area contributed by atoms with Crippen LogP contribution in [0.3, 0.4) is 0 Å². The first kappa shape index (κ1) is 11.4. The summed E-state index contributed by atoms with van der Waals surface area (Å²) in [6.45, 7) is 1.82. The lowest BCUT2D eigenvalue weighted by atomic mass is 10.2. The van der Waals surface area contributed by atoms with E-state index in [-0.39, 0.29) is 6.61 Å². The van der Waals surface area contributed by atoms with Gasteiger partial charge >= 0.3 is 0 Å². The van der Waals surface area contributed by atoms with Crippen LogP contribution in [0.15, 0.2) is 36.4 Å². The van der Waals surface area contributed by atoms with E-state index in [2.05, 4.69) is 4.98 Å². The minimum atomic E-state index is -0.00854. The standard InChI is InChI=1S/C13H14N2O2/c1-9-12(14)5-6-13(15-9)17-11-4-2-3-10(7-11)8-16/h2-7,16H,8,14H2,1H3. The van der Waals surface area contributed by atoms with Gasteiger partial charge in [0.2, 0.25) is 5.88 Å². The minimum Gasteiger partial charge on any atom is -0.439 e. The average Bonchev–Trinajstić information content (AvgIpc) is 2.34. The highest BCUT2D eigenvalue weighted by molar-refractivity contribution is 5.44. The fourth-order valence-electron chi connectivity index (χ4n) is 1.43. The van der Waals surface area contributed by atoms with E-state index in [1.807, 2.05) is 25.1 Å². The number of aromatic nitrogens is 1. The highest BCUT2D eigenvalue weighted by Crippen LogP contribution is 2.22. The van der Waals surface area contributed by atoms with Crippen molar-refractivity contribution < 1.29 is 9.84 Å². The Hall–Kier alpha value is -2.07. The lowest BCUT2D eigenvalue weighted by Crippen LogP contribution is -1.95.